The van der Waals surface area contributed by atoms with Gasteiger partial charge in [-0.3, -0.25) is 4.79 Å². The van der Waals surface area contributed by atoms with Crippen molar-refractivity contribution in [1.82, 2.24) is 15.5 Å². The Morgan fingerprint density at radius 2 is 1.59 bits per heavy atom. The van der Waals surface area contributed by atoms with Crippen molar-refractivity contribution in [1.29, 1.82) is 0 Å². The standard InChI is InChI=1S/C22H27ClN4O2/c1-15-12-24-13-16(2)27(15)21(28)11-17-5-9-20(10-6-17)26-22(29)25-14-18-3-7-19(23)8-4-18/h3-10,15-16,24H,11-14H2,1-2H3,(H2,25,26,29)/t15-,16+. The zero-order valence-corrected chi connectivity index (χ0v) is 17.5. The fraction of sp³-hybridized carbons (Fsp3) is 0.364. The van der Waals surface area contributed by atoms with Crippen molar-refractivity contribution in [2.75, 3.05) is 18.4 Å². The van der Waals surface area contributed by atoms with Crippen molar-refractivity contribution in [2.45, 2.75) is 38.9 Å². The molecule has 6 nitrogen and oxygen atoms in total. The second-order valence-corrected chi connectivity index (χ2v) is 7.90. The minimum atomic E-state index is -0.285. The molecule has 0 saturated carbocycles. The third kappa shape index (κ3) is 5.95. The van der Waals surface area contributed by atoms with Crippen LogP contribution in [0.2, 0.25) is 5.02 Å². The Balaban J connectivity index is 1.49. The molecule has 1 aliphatic heterocycles. The first kappa shape index (κ1) is 21.1. The summed E-state index contributed by atoms with van der Waals surface area (Å²) >= 11 is 5.86. The molecule has 2 aromatic carbocycles. The van der Waals surface area contributed by atoms with Crippen LogP contribution in [0.15, 0.2) is 48.5 Å². The molecule has 0 spiro atoms. The molecule has 3 rings (SSSR count). The highest BCUT2D eigenvalue weighted by molar-refractivity contribution is 6.30. The maximum absolute atomic E-state index is 12.7. The highest BCUT2D eigenvalue weighted by atomic mass is 35.5. The largest absolute Gasteiger partial charge is 0.334 e. The first-order chi connectivity index (χ1) is 13.9. The molecular weight excluding hydrogens is 388 g/mol. The lowest BCUT2D eigenvalue weighted by Gasteiger charge is -2.39. The molecular formula is C22H27ClN4O2. The van der Waals surface area contributed by atoms with Crippen molar-refractivity contribution >= 4 is 29.2 Å². The van der Waals surface area contributed by atoms with Crippen molar-refractivity contribution in [3.05, 3.63) is 64.7 Å². The lowest BCUT2D eigenvalue weighted by molar-refractivity contribution is -0.135. The summed E-state index contributed by atoms with van der Waals surface area (Å²) < 4.78 is 0. The molecule has 0 unspecified atom stereocenters. The molecule has 2 atom stereocenters. The highest BCUT2D eigenvalue weighted by Crippen LogP contribution is 2.15. The van der Waals surface area contributed by atoms with Gasteiger partial charge in [0.2, 0.25) is 5.91 Å². The van der Waals surface area contributed by atoms with Crippen LogP contribution in [0.1, 0.15) is 25.0 Å². The lowest BCUT2D eigenvalue weighted by Crippen LogP contribution is -2.57. The number of rotatable bonds is 5. The van der Waals surface area contributed by atoms with E-state index in [2.05, 4.69) is 29.8 Å². The number of nitrogens with one attached hydrogen (secondary N) is 3. The van der Waals surface area contributed by atoms with Gasteiger partial charge in [0.05, 0.1) is 6.42 Å². The molecule has 1 saturated heterocycles. The van der Waals surface area contributed by atoms with Gasteiger partial charge in [-0.15, -0.1) is 0 Å². The highest BCUT2D eigenvalue weighted by Gasteiger charge is 2.28. The van der Waals surface area contributed by atoms with E-state index in [9.17, 15) is 9.59 Å². The van der Waals surface area contributed by atoms with E-state index in [4.69, 9.17) is 11.6 Å². The minimum absolute atomic E-state index is 0.132. The van der Waals surface area contributed by atoms with E-state index < -0.39 is 0 Å². The van der Waals surface area contributed by atoms with Crippen LogP contribution in [0, 0.1) is 0 Å². The zero-order valence-electron chi connectivity index (χ0n) is 16.7. The summed E-state index contributed by atoms with van der Waals surface area (Å²) in [5.41, 5.74) is 2.58. The second kappa shape index (κ2) is 9.76. The molecule has 29 heavy (non-hydrogen) atoms. The molecule has 1 aliphatic rings. The maximum Gasteiger partial charge on any atom is 0.319 e. The molecule has 3 amide bonds. The van der Waals surface area contributed by atoms with Crippen molar-refractivity contribution < 1.29 is 9.59 Å². The number of piperazine rings is 1. The molecule has 0 aromatic heterocycles. The number of benzene rings is 2. The van der Waals surface area contributed by atoms with Gasteiger partial charge >= 0.3 is 6.03 Å². The molecule has 1 heterocycles. The lowest BCUT2D eigenvalue weighted by atomic mass is 10.1. The molecule has 0 radical (unpaired) electrons. The molecule has 0 aliphatic carbocycles. The van der Waals surface area contributed by atoms with E-state index in [0.29, 0.717) is 23.7 Å². The normalized spacial score (nSPS) is 18.9. The summed E-state index contributed by atoms with van der Waals surface area (Å²) in [6, 6.07) is 14.8. The van der Waals surface area contributed by atoms with Crippen LogP contribution in [0.3, 0.4) is 0 Å². The van der Waals surface area contributed by atoms with E-state index in [1.807, 2.05) is 41.3 Å². The van der Waals surface area contributed by atoms with Crippen molar-refractivity contribution in [2.24, 2.45) is 0 Å². The van der Waals surface area contributed by atoms with Gasteiger partial charge in [-0.05, 0) is 49.2 Å². The van der Waals surface area contributed by atoms with E-state index in [-0.39, 0.29) is 24.0 Å². The Hall–Kier alpha value is -2.57. The predicted molar refractivity (Wildman–Crippen MR) is 116 cm³/mol. The quantitative estimate of drug-likeness (QED) is 0.701. The number of hydrogen-bond donors (Lipinski definition) is 3. The molecule has 2 aromatic rings. The van der Waals surface area contributed by atoms with Gasteiger partial charge in [0, 0.05) is 42.4 Å². The number of nitrogens with zero attached hydrogens (tertiary/aromatic N) is 1. The average molecular weight is 415 g/mol. The van der Waals surface area contributed by atoms with Crippen LogP contribution < -0.4 is 16.0 Å². The van der Waals surface area contributed by atoms with Gasteiger partial charge in [0.1, 0.15) is 0 Å². The molecule has 3 N–H and O–H groups in total. The number of halogens is 1. The van der Waals surface area contributed by atoms with Crippen LogP contribution in [0.25, 0.3) is 0 Å². The second-order valence-electron chi connectivity index (χ2n) is 7.47. The minimum Gasteiger partial charge on any atom is -0.334 e. The molecule has 7 heteroatoms. The Morgan fingerprint density at radius 1 is 1.00 bits per heavy atom. The third-order valence-corrected chi connectivity index (χ3v) is 5.30. The zero-order chi connectivity index (χ0) is 20.8. The van der Waals surface area contributed by atoms with Crippen LogP contribution in [0.4, 0.5) is 10.5 Å². The summed E-state index contributed by atoms with van der Waals surface area (Å²) in [5.74, 6) is 0.132. The van der Waals surface area contributed by atoms with Crippen LogP contribution in [0.5, 0.6) is 0 Å². The van der Waals surface area contributed by atoms with Gasteiger partial charge in [0.15, 0.2) is 0 Å². The third-order valence-electron chi connectivity index (χ3n) is 5.05. The Kier molecular flexibility index (Phi) is 7.12. The predicted octanol–water partition coefficient (Wildman–Crippen LogP) is 3.41. The van der Waals surface area contributed by atoms with Gasteiger partial charge < -0.3 is 20.9 Å². The molecule has 154 valence electrons. The van der Waals surface area contributed by atoms with Crippen LogP contribution in [-0.2, 0) is 17.8 Å². The van der Waals surface area contributed by atoms with E-state index in [1.54, 1.807) is 12.1 Å². The number of amides is 3. The Morgan fingerprint density at radius 3 is 2.21 bits per heavy atom. The van der Waals surface area contributed by atoms with Crippen molar-refractivity contribution in [3.63, 3.8) is 0 Å². The van der Waals surface area contributed by atoms with Crippen molar-refractivity contribution in [3.8, 4) is 0 Å². The first-order valence-corrected chi connectivity index (χ1v) is 10.2. The SMILES string of the molecule is C[C@@H]1CNC[C@H](C)N1C(=O)Cc1ccc(NC(=O)NCc2ccc(Cl)cc2)cc1. The van der Waals surface area contributed by atoms with Gasteiger partial charge in [0.25, 0.3) is 0 Å². The summed E-state index contributed by atoms with van der Waals surface area (Å²) in [5, 5.41) is 9.61. The molecule has 1 fully saturated rings. The monoisotopic (exact) mass is 414 g/mol. The van der Waals surface area contributed by atoms with E-state index in [1.165, 1.54) is 0 Å². The fourth-order valence-electron chi connectivity index (χ4n) is 3.56. The van der Waals surface area contributed by atoms with Gasteiger partial charge in [-0.1, -0.05) is 35.9 Å². The average Bonchev–Trinajstić information content (AvgIpc) is 2.69. The summed E-state index contributed by atoms with van der Waals surface area (Å²) in [6.07, 6.45) is 0.359. The number of hydrogen-bond acceptors (Lipinski definition) is 3. The number of urea groups is 1. The molecule has 0 bridgehead atoms. The van der Waals surface area contributed by atoms with E-state index >= 15 is 0 Å². The van der Waals surface area contributed by atoms with E-state index in [0.717, 1.165) is 24.2 Å². The number of carbonyl (C=O) groups is 2. The topological polar surface area (TPSA) is 73.5 Å². The summed E-state index contributed by atoms with van der Waals surface area (Å²) in [6.45, 7) is 6.19. The Labute approximate surface area is 176 Å². The fourth-order valence-corrected chi connectivity index (χ4v) is 3.68. The van der Waals surface area contributed by atoms with Gasteiger partial charge in [-0.2, -0.15) is 0 Å². The first-order valence-electron chi connectivity index (χ1n) is 9.82. The summed E-state index contributed by atoms with van der Waals surface area (Å²) in [4.78, 5) is 26.7. The Bertz CT molecular complexity index is 829. The maximum atomic E-state index is 12.7. The number of carbonyl (C=O) groups excluding carboxylic acids is 2. The number of anilines is 1. The van der Waals surface area contributed by atoms with Crippen LogP contribution >= 0.6 is 11.6 Å². The summed E-state index contributed by atoms with van der Waals surface area (Å²) in [7, 11) is 0. The van der Waals surface area contributed by atoms with Crippen LogP contribution in [-0.4, -0.2) is 42.0 Å². The smallest absolute Gasteiger partial charge is 0.319 e. The van der Waals surface area contributed by atoms with Gasteiger partial charge in [-0.25, -0.2) is 4.79 Å².